The molecule has 0 aromatic carbocycles. The van der Waals surface area contributed by atoms with Crippen LogP contribution in [0.5, 0.6) is 0 Å². The van der Waals surface area contributed by atoms with Crippen LogP contribution >= 0.6 is 0 Å². The Hall–Kier alpha value is -2.01. The van der Waals surface area contributed by atoms with Crippen molar-refractivity contribution < 1.29 is 24.2 Å². The molecule has 1 fully saturated rings. The standard InChI is InChI=1S/C30H44O5/c1-17(2)11-12-20-15-30(23(32)19(5)6)24-21(22(31)25(35-24)28(9,10)34)16-29(26(30)33,27(20,7)8)14-13-18(3)4/h11,13,19-20,25,34H,12,14-16H2,1-10H3/t20-,25-,29+,30+/m0/s1. The molecule has 4 atom stereocenters. The Morgan fingerprint density at radius 2 is 1.69 bits per heavy atom. The van der Waals surface area contributed by atoms with Gasteiger partial charge in [-0.3, -0.25) is 14.4 Å². The van der Waals surface area contributed by atoms with Crippen LogP contribution in [0.2, 0.25) is 0 Å². The van der Waals surface area contributed by atoms with Gasteiger partial charge in [0, 0.05) is 16.9 Å². The molecular weight excluding hydrogens is 440 g/mol. The van der Waals surface area contributed by atoms with Crippen LogP contribution in [0.15, 0.2) is 34.6 Å². The number of Topliss-reactive ketones (excluding diaryl/α,β-unsaturated/α-hetero) is 3. The first-order chi connectivity index (χ1) is 15.9. The highest BCUT2D eigenvalue weighted by atomic mass is 16.5. The monoisotopic (exact) mass is 484 g/mol. The third kappa shape index (κ3) is 4.08. The number of rotatable bonds is 7. The summed E-state index contributed by atoms with van der Waals surface area (Å²) in [6, 6.07) is 0. The van der Waals surface area contributed by atoms with Crippen LogP contribution in [0.3, 0.4) is 0 Å². The molecule has 5 nitrogen and oxygen atoms in total. The van der Waals surface area contributed by atoms with Crippen molar-refractivity contribution in [3.63, 3.8) is 0 Å². The fraction of sp³-hybridized carbons (Fsp3) is 0.700. The molecule has 0 spiro atoms. The number of hydrogen-bond acceptors (Lipinski definition) is 5. The number of aliphatic hydroxyl groups is 1. The fourth-order valence-electron chi connectivity index (χ4n) is 6.50. The van der Waals surface area contributed by atoms with Crippen molar-refractivity contribution in [1.29, 1.82) is 0 Å². The van der Waals surface area contributed by atoms with Gasteiger partial charge in [-0.15, -0.1) is 0 Å². The van der Waals surface area contributed by atoms with Crippen LogP contribution < -0.4 is 0 Å². The molecule has 1 N–H and O–H groups in total. The van der Waals surface area contributed by atoms with E-state index in [9.17, 15) is 19.5 Å². The number of fused-ring (bicyclic) bond motifs is 3. The van der Waals surface area contributed by atoms with Gasteiger partial charge >= 0.3 is 0 Å². The Balaban J connectivity index is 2.37. The van der Waals surface area contributed by atoms with Crippen LogP contribution in [0, 0.1) is 28.1 Å². The van der Waals surface area contributed by atoms with E-state index in [1.54, 1.807) is 13.8 Å². The largest absolute Gasteiger partial charge is 0.482 e. The molecule has 35 heavy (non-hydrogen) atoms. The molecule has 1 heterocycles. The molecule has 0 saturated heterocycles. The first-order valence-corrected chi connectivity index (χ1v) is 13.0. The van der Waals surface area contributed by atoms with E-state index < -0.39 is 33.9 Å². The zero-order chi connectivity index (χ0) is 26.7. The lowest BCUT2D eigenvalue weighted by Crippen LogP contribution is -2.65. The molecule has 3 rings (SSSR count). The van der Waals surface area contributed by atoms with E-state index in [1.165, 1.54) is 5.57 Å². The average molecular weight is 485 g/mol. The molecule has 2 bridgehead atoms. The first kappa shape index (κ1) is 27.6. The van der Waals surface area contributed by atoms with Crippen LogP contribution in [0.1, 0.15) is 94.9 Å². The van der Waals surface area contributed by atoms with E-state index in [0.717, 1.165) is 12.0 Å². The van der Waals surface area contributed by atoms with Crippen LogP contribution in [-0.4, -0.2) is 34.2 Å². The summed E-state index contributed by atoms with van der Waals surface area (Å²) in [4.78, 5) is 42.5. The second-order valence-electron chi connectivity index (χ2n) is 13.0. The van der Waals surface area contributed by atoms with Crippen molar-refractivity contribution in [3.05, 3.63) is 34.6 Å². The van der Waals surface area contributed by atoms with Crippen LogP contribution in [-0.2, 0) is 19.1 Å². The average Bonchev–Trinajstić information content (AvgIpc) is 3.05. The second-order valence-corrected chi connectivity index (χ2v) is 13.0. The highest BCUT2D eigenvalue weighted by molar-refractivity contribution is 6.18. The van der Waals surface area contributed by atoms with Crippen molar-refractivity contribution in [2.75, 3.05) is 0 Å². The van der Waals surface area contributed by atoms with Crippen molar-refractivity contribution in [1.82, 2.24) is 0 Å². The third-order valence-electron chi connectivity index (χ3n) is 8.80. The summed E-state index contributed by atoms with van der Waals surface area (Å²) >= 11 is 0. The minimum Gasteiger partial charge on any atom is -0.482 e. The lowest BCUT2D eigenvalue weighted by molar-refractivity contribution is -0.173. The number of carbonyl (C=O) groups excluding carboxylic acids is 3. The molecule has 0 unspecified atom stereocenters. The third-order valence-corrected chi connectivity index (χ3v) is 8.80. The highest BCUT2D eigenvalue weighted by Gasteiger charge is 2.73. The quantitative estimate of drug-likeness (QED) is 0.359. The molecule has 0 radical (unpaired) electrons. The Morgan fingerprint density at radius 3 is 2.17 bits per heavy atom. The number of hydrogen-bond donors (Lipinski definition) is 1. The maximum Gasteiger partial charge on any atom is 0.205 e. The molecule has 3 aliphatic rings. The molecule has 5 heteroatoms. The van der Waals surface area contributed by atoms with E-state index in [1.807, 2.05) is 27.7 Å². The van der Waals surface area contributed by atoms with Gasteiger partial charge in [0.05, 0.1) is 0 Å². The lowest BCUT2D eigenvalue weighted by atomic mass is 9.40. The Bertz CT molecular complexity index is 1020. The van der Waals surface area contributed by atoms with Gasteiger partial charge < -0.3 is 9.84 Å². The van der Waals surface area contributed by atoms with E-state index in [2.05, 4.69) is 39.8 Å². The first-order valence-electron chi connectivity index (χ1n) is 13.0. The van der Waals surface area contributed by atoms with Crippen molar-refractivity contribution in [3.8, 4) is 0 Å². The van der Waals surface area contributed by atoms with Gasteiger partial charge in [-0.2, -0.15) is 0 Å². The summed E-state index contributed by atoms with van der Waals surface area (Å²) in [5.74, 6) is -0.722. The molecule has 0 aromatic rings. The smallest absolute Gasteiger partial charge is 0.205 e. The lowest BCUT2D eigenvalue weighted by Gasteiger charge is -2.61. The zero-order valence-electron chi connectivity index (χ0n) is 23.3. The number of carbonyl (C=O) groups is 3. The van der Waals surface area contributed by atoms with Gasteiger partial charge in [-0.05, 0) is 78.6 Å². The minimum atomic E-state index is -1.50. The maximum absolute atomic E-state index is 14.8. The zero-order valence-corrected chi connectivity index (χ0v) is 23.3. The maximum atomic E-state index is 14.8. The molecule has 2 aliphatic carbocycles. The molecular formula is C30H44O5. The van der Waals surface area contributed by atoms with Gasteiger partial charge in [-0.25, -0.2) is 0 Å². The Labute approximate surface area is 211 Å². The van der Waals surface area contributed by atoms with E-state index >= 15 is 0 Å². The van der Waals surface area contributed by atoms with Gasteiger partial charge in [0.15, 0.2) is 17.7 Å². The van der Waals surface area contributed by atoms with Crippen LogP contribution in [0.25, 0.3) is 0 Å². The van der Waals surface area contributed by atoms with E-state index in [0.29, 0.717) is 18.4 Å². The van der Waals surface area contributed by atoms with Crippen molar-refractivity contribution in [2.45, 2.75) is 107 Å². The predicted molar refractivity (Wildman–Crippen MR) is 138 cm³/mol. The van der Waals surface area contributed by atoms with E-state index in [-0.39, 0.29) is 35.4 Å². The number of allylic oxidation sites excluding steroid dienone is 5. The summed E-state index contributed by atoms with van der Waals surface area (Å²) in [6.07, 6.45) is 4.93. The number of ketones is 3. The fourth-order valence-corrected chi connectivity index (χ4v) is 6.50. The predicted octanol–water partition coefficient (Wildman–Crippen LogP) is 5.91. The molecule has 0 aromatic heterocycles. The van der Waals surface area contributed by atoms with Gasteiger partial charge in [0.2, 0.25) is 5.78 Å². The van der Waals surface area contributed by atoms with Gasteiger partial charge in [-0.1, -0.05) is 51.0 Å². The molecule has 0 amide bonds. The summed E-state index contributed by atoms with van der Waals surface area (Å²) in [6.45, 7) is 19.1. The summed E-state index contributed by atoms with van der Waals surface area (Å²) in [5, 5.41) is 10.8. The van der Waals surface area contributed by atoms with Gasteiger partial charge in [0.25, 0.3) is 0 Å². The SMILES string of the molecule is CC(C)=CC[C@H]1C[C@]2(C(=O)C(C)C)C(=O)[C@@](CC=C(C)C)(CC3=C2O[C@H](C(C)(C)O)C3=O)C1(C)C. The topological polar surface area (TPSA) is 80.7 Å². The Kier molecular flexibility index (Phi) is 6.96. The second kappa shape index (κ2) is 8.83. The minimum absolute atomic E-state index is 0.0392. The van der Waals surface area contributed by atoms with Crippen molar-refractivity contribution in [2.24, 2.45) is 28.1 Å². The summed E-state index contributed by atoms with van der Waals surface area (Å²) in [7, 11) is 0. The summed E-state index contributed by atoms with van der Waals surface area (Å²) < 4.78 is 6.19. The van der Waals surface area contributed by atoms with Crippen LogP contribution in [0.4, 0.5) is 0 Å². The molecule has 1 aliphatic heterocycles. The highest BCUT2D eigenvalue weighted by Crippen LogP contribution is 2.68. The molecule has 1 saturated carbocycles. The summed E-state index contributed by atoms with van der Waals surface area (Å²) in [5.41, 5.74) is -1.59. The molecule has 194 valence electrons. The van der Waals surface area contributed by atoms with Crippen molar-refractivity contribution >= 4 is 17.3 Å². The Morgan fingerprint density at radius 1 is 1.11 bits per heavy atom. The van der Waals surface area contributed by atoms with Gasteiger partial charge in [0.1, 0.15) is 16.8 Å². The van der Waals surface area contributed by atoms with E-state index in [4.69, 9.17) is 4.74 Å². The normalized spacial score (nSPS) is 31.8. The number of ether oxygens (including phenoxy) is 1.